The van der Waals surface area contributed by atoms with E-state index in [1.807, 2.05) is 0 Å². The largest absolute Gasteiger partial charge is 0.325 e. The molecule has 0 aromatic heterocycles. The van der Waals surface area contributed by atoms with Crippen molar-refractivity contribution in [3.8, 4) is 0 Å². The monoisotopic (exact) mass is 453 g/mol. The summed E-state index contributed by atoms with van der Waals surface area (Å²) < 4.78 is 52.2. The zero-order valence-corrected chi connectivity index (χ0v) is 18.2. The fraction of sp³-hybridized carbons (Fsp3) is 0.316. The first-order valence-electron chi connectivity index (χ1n) is 9.19. The summed E-state index contributed by atoms with van der Waals surface area (Å²) in [6, 6.07) is 12.7. The number of hydroxylamine groups is 1. The van der Waals surface area contributed by atoms with Gasteiger partial charge in [0.25, 0.3) is 10.0 Å². The van der Waals surface area contributed by atoms with Gasteiger partial charge in [-0.3, -0.25) is 9.63 Å². The quantitative estimate of drug-likeness (QED) is 0.638. The fourth-order valence-corrected chi connectivity index (χ4v) is 5.85. The molecule has 1 aliphatic heterocycles. The van der Waals surface area contributed by atoms with Crippen molar-refractivity contribution in [1.82, 2.24) is 8.77 Å². The van der Waals surface area contributed by atoms with E-state index in [1.54, 1.807) is 18.2 Å². The number of rotatable bonds is 7. The Balaban J connectivity index is 1.76. The lowest BCUT2D eigenvalue weighted by atomic mass is 10.2. The lowest BCUT2D eigenvalue weighted by Crippen LogP contribution is -2.43. The highest BCUT2D eigenvalue weighted by Gasteiger charge is 2.39. The molecule has 0 spiro atoms. The van der Waals surface area contributed by atoms with Gasteiger partial charge in [-0.1, -0.05) is 22.7 Å². The van der Waals surface area contributed by atoms with Crippen LogP contribution >= 0.6 is 0 Å². The standard InChI is InChI=1S/C19H23N3O6S2/c1-21(28-2)29(24,25)17-12-10-15(11-13-17)20-19(23)18-9-6-14-22(18)30(26,27)16-7-4-3-5-8-16/h3-5,7-8,10-13,18H,6,9,14H2,1-2H3,(H,20,23). The maximum Gasteiger partial charge on any atom is 0.264 e. The van der Waals surface area contributed by atoms with Crippen molar-refractivity contribution in [3.63, 3.8) is 0 Å². The second-order valence-electron chi connectivity index (χ2n) is 6.70. The van der Waals surface area contributed by atoms with Crippen LogP contribution in [0.1, 0.15) is 12.8 Å². The third kappa shape index (κ3) is 4.40. The van der Waals surface area contributed by atoms with E-state index in [9.17, 15) is 21.6 Å². The summed E-state index contributed by atoms with van der Waals surface area (Å²) >= 11 is 0. The van der Waals surface area contributed by atoms with Crippen LogP contribution in [0, 0.1) is 0 Å². The summed E-state index contributed by atoms with van der Waals surface area (Å²) in [6.07, 6.45) is 0.980. The first kappa shape index (κ1) is 22.4. The predicted molar refractivity (Wildman–Crippen MR) is 110 cm³/mol. The highest BCUT2D eigenvalue weighted by Crippen LogP contribution is 2.27. The Labute approximate surface area is 176 Å². The molecule has 0 bridgehead atoms. The van der Waals surface area contributed by atoms with Crippen molar-refractivity contribution in [1.29, 1.82) is 0 Å². The molecule has 0 aliphatic carbocycles. The second kappa shape index (κ2) is 8.82. The Morgan fingerprint density at radius 1 is 1.03 bits per heavy atom. The van der Waals surface area contributed by atoms with Crippen molar-refractivity contribution in [3.05, 3.63) is 54.6 Å². The summed E-state index contributed by atoms with van der Waals surface area (Å²) in [5, 5.41) is 2.67. The van der Waals surface area contributed by atoms with Crippen LogP contribution in [0.15, 0.2) is 64.4 Å². The molecule has 30 heavy (non-hydrogen) atoms. The molecule has 3 rings (SSSR count). The molecule has 1 fully saturated rings. The minimum absolute atomic E-state index is 0.000928. The van der Waals surface area contributed by atoms with Crippen LogP contribution < -0.4 is 5.32 Å². The van der Waals surface area contributed by atoms with Gasteiger partial charge in [0.1, 0.15) is 6.04 Å². The minimum atomic E-state index is -3.80. The molecular weight excluding hydrogens is 430 g/mol. The van der Waals surface area contributed by atoms with E-state index in [2.05, 4.69) is 5.32 Å². The van der Waals surface area contributed by atoms with Gasteiger partial charge >= 0.3 is 0 Å². The van der Waals surface area contributed by atoms with Crippen LogP contribution in [0.4, 0.5) is 5.69 Å². The Morgan fingerprint density at radius 3 is 2.27 bits per heavy atom. The zero-order chi connectivity index (χ0) is 21.9. The Bertz CT molecular complexity index is 1100. The SMILES string of the molecule is CON(C)S(=O)(=O)c1ccc(NC(=O)C2CCCN2S(=O)(=O)c2ccccc2)cc1. The van der Waals surface area contributed by atoms with Crippen LogP contribution in [0.25, 0.3) is 0 Å². The number of sulfonamides is 2. The molecule has 1 unspecified atom stereocenters. The van der Waals surface area contributed by atoms with Gasteiger partial charge < -0.3 is 5.32 Å². The Morgan fingerprint density at radius 2 is 1.67 bits per heavy atom. The van der Waals surface area contributed by atoms with Gasteiger partial charge in [-0.05, 0) is 49.2 Å². The molecule has 0 saturated carbocycles. The average Bonchev–Trinajstić information content (AvgIpc) is 3.25. The summed E-state index contributed by atoms with van der Waals surface area (Å²) in [5.41, 5.74) is 0.364. The van der Waals surface area contributed by atoms with Gasteiger partial charge in [0.2, 0.25) is 15.9 Å². The summed E-state index contributed by atoms with van der Waals surface area (Å²) in [4.78, 5) is 17.6. The number of nitrogens with one attached hydrogen (secondary N) is 1. The van der Waals surface area contributed by atoms with Crippen molar-refractivity contribution < 1.29 is 26.5 Å². The topological polar surface area (TPSA) is 113 Å². The smallest absolute Gasteiger partial charge is 0.264 e. The molecule has 2 aromatic carbocycles. The maximum absolute atomic E-state index is 12.9. The normalized spacial score (nSPS) is 17.9. The molecule has 0 radical (unpaired) electrons. The summed E-state index contributed by atoms with van der Waals surface area (Å²) in [7, 11) is -5.08. The van der Waals surface area contributed by atoms with E-state index < -0.39 is 32.0 Å². The first-order chi connectivity index (χ1) is 14.2. The van der Waals surface area contributed by atoms with Crippen molar-refractivity contribution in [2.75, 3.05) is 26.0 Å². The lowest BCUT2D eigenvalue weighted by Gasteiger charge is -2.23. The number of benzene rings is 2. The van der Waals surface area contributed by atoms with Crippen molar-refractivity contribution in [2.24, 2.45) is 0 Å². The average molecular weight is 454 g/mol. The third-order valence-corrected chi connectivity index (χ3v) is 8.49. The molecule has 2 aromatic rings. The van der Waals surface area contributed by atoms with Gasteiger partial charge in [-0.25, -0.2) is 16.8 Å². The van der Waals surface area contributed by atoms with Crippen LogP contribution in [0.3, 0.4) is 0 Å². The molecule has 1 saturated heterocycles. The van der Waals surface area contributed by atoms with Gasteiger partial charge in [0.15, 0.2) is 0 Å². The summed E-state index contributed by atoms with van der Waals surface area (Å²) in [6.45, 7) is 0.260. The number of carbonyl (C=O) groups is 1. The fourth-order valence-electron chi connectivity index (χ4n) is 3.20. The molecule has 9 nitrogen and oxygen atoms in total. The minimum Gasteiger partial charge on any atom is -0.325 e. The molecule has 1 amide bonds. The number of carbonyl (C=O) groups excluding carboxylic acids is 1. The summed E-state index contributed by atoms with van der Waals surface area (Å²) in [5.74, 6) is -0.461. The first-order valence-corrected chi connectivity index (χ1v) is 12.1. The molecule has 1 heterocycles. The van der Waals surface area contributed by atoms with Gasteiger partial charge in [-0.15, -0.1) is 0 Å². The predicted octanol–water partition coefficient (Wildman–Crippen LogP) is 1.66. The Hall–Kier alpha value is -2.31. The van der Waals surface area contributed by atoms with Crippen LogP contribution in [0.5, 0.6) is 0 Å². The number of amides is 1. The number of hydrogen-bond acceptors (Lipinski definition) is 6. The second-order valence-corrected chi connectivity index (χ2v) is 10.5. The van der Waals surface area contributed by atoms with Crippen LogP contribution in [0.2, 0.25) is 0 Å². The van der Waals surface area contributed by atoms with E-state index in [0.29, 0.717) is 18.5 Å². The number of anilines is 1. The van der Waals surface area contributed by atoms with Crippen LogP contribution in [-0.4, -0.2) is 58.3 Å². The molecule has 11 heteroatoms. The van der Waals surface area contributed by atoms with E-state index in [1.165, 1.54) is 54.9 Å². The zero-order valence-electron chi connectivity index (χ0n) is 16.6. The third-order valence-electron chi connectivity index (χ3n) is 4.87. The molecule has 162 valence electrons. The number of hydrogen-bond donors (Lipinski definition) is 1. The highest BCUT2D eigenvalue weighted by molar-refractivity contribution is 7.89. The van der Waals surface area contributed by atoms with E-state index in [4.69, 9.17) is 4.84 Å². The van der Waals surface area contributed by atoms with Crippen molar-refractivity contribution in [2.45, 2.75) is 28.7 Å². The maximum atomic E-state index is 12.9. The molecule has 1 N–H and O–H groups in total. The lowest BCUT2D eigenvalue weighted by molar-refractivity contribution is -0.119. The van der Waals surface area contributed by atoms with E-state index in [0.717, 1.165) is 4.47 Å². The number of nitrogens with zero attached hydrogens (tertiary/aromatic N) is 2. The van der Waals surface area contributed by atoms with E-state index in [-0.39, 0.29) is 16.3 Å². The Kier molecular flexibility index (Phi) is 6.58. The van der Waals surface area contributed by atoms with Gasteiger partial charge in [0.05, 0.1) is 16.9 Å². The van der Waals surface area contributed by atoms with E-state index >= 15 is 0 Å². The van der Waals surface area contributed by atoms with Gasteiger partial charge in [-0.2, -0.15) is 4.31 Å². The molecular formula is C19H23N3O6S2. The van der Waals surface area contributed by atoms with Gasteiger partial charge in [0, 0.05) is 19.3 Å². The van der Waals surface area contributed by atoms with Crippen molar-refractivity contribution >= 4 is 31.6 Å². The molecule has 1 aliphatic rings. The molecule has 1 atom stereocenters. The van der Waals surface area contributed by atoms with Crippen LogP contribution in [-0.2, 0) is 29.7 Å². The highest BCUT2D eigenvalue weighted by atomic mass is 32.2.